The summed E-state index contributed by atoms with van der Waals surface area (Å²) >= 11 is 0. The van der Waals surface area contributed by atoms with Gasteiger partial charge in [0.1, 0.15) is 0 Å². The number of nitrogens with zero attached hydrogens (tertiary/aromatic N) is 4. The fraction of sp³-hybridized carbons (Fsp3) is 0.542. The lowest BCUT2D eigenvalue weighted by Gasteiger charge is -2.42. The summed E-state index contributed by atoms with van der Waals surface area (Å²) in [5, 5.41) is 14.2. The number of carbonyl (C=O) groups excluding carboxylic acids is 1. The minimum Gasteiger partial charge on any atom is -0.465 e. The van der Waals surface area contributed by atoms with Crippen molar-refractivity contribution in [2.75, 3.05) is 27.9 Å². The highest BCUT2D eigenvalue weighted by Crippen LogP contribution is 2.45. The van der Waals surface area contributed by atoms with Crippen molar-refractivity contribution in [3.05, 3.63) is 30.6 Å². The van der Waals surface area contributed by atoms with Crippen LogP contribution >= 0.6 is 0 Å². The molecule has 12 heteroatoms. The number of alkyl halides is 2. The van der Waals surface area contributed by atoms with Crippen LogP contribution in [0.5, 0.6) is 0 Å². The van der Waals surface area contributed by atoms with Crippen molar-refractivity contribution in [1.82, 2.24) is 9.78 Å². The molecular formula is C24H28F2N4O5S. The van der Waals surface area contributed by atoms with E-state index in [4.69, 9.17) is 0 Å². The normalized spacial score (nSPS) is 25.2. The van der Waals surface area contributed by atoms with Gasteiger partial charge < -0.3 is 10.0 Å². The van der Waals surface area contributed by atoms with Crippen LogP contribution in [0.1, 0.15) is 45.1 Å². The van der Waals surface area contributed by atoms with Crippen molar-refractivity contribution in [2.45, 2.75) is 57.0 Å². The number of halogens is 2. The molecule has 1 aromatic heterocycles. The van der Waals surface area contributed by atoms with Crippen LogP contribution in [0.25, 0.3) is 11.1 Å². The second-order valence-corrected chi connectivity index (χ2v) is 12.4. The number of rotatable bonds is 4. The molecule has 2 amide bonds. The number of benzene rings is 1. The number of aromatic nitrogens is 2. The predicted octanol–water partition coefficient (Wildman–Crippen LogP) is 3.95. The molecule has 1 aliphatic carbocycles. The van der Waals surface area contributed by atoms with Crippen LogP contribution in [0.4, 0.5) is 25.0 Å². The number of anilines is 2. The van der Waals surface area contributed by atoms with E-state index in [9.17, 15) is 31.9 Å². The second-order valence-electron chi connectivity index (χ2n) is 10.2. The Kier molecular flexibility index (Phi) is 6.05. The molecule has 2 aromatic rings. The number of carboxylic acid groups (broad SMARTS) is 1. The van der Waals surface area contributed by atoms with E-state index in [0.717, 1.165) is 0 Å². The van der Waals surface area contributed by atoms with Gasteiger partial charge in [-0.25, -0.2) is 22.0 Å². The fourth-order valence-electron chi connectivity index (χ4n) is 5.53. The summed E-state index contributed by atoms with van der Waals surface area (Å²) in [6.45, 7) is 1.79. The lowest BCUT2D eigenvalue weighted by Crippen LogP contribution is -2.52. The zero-order valence-electron chi connectivity index (χ0n) is 19.8. The fourth-order valence-corrected chi connectivity index (χ4v) is 7.21. The Hall–Kier alpha value is -3.02. The Balaban J connectivity index is 1.43. The SMILES string of the molecule is C[C@H]1CN(C(=O)O)c2cc(-c3cnn(C4CCCS(=O)(=O)C4)c3)ccc2N1C(=O)CC1CC(F)(F)C1. The highest BCUT2D eigenvalue weighted by molar-refractivity contribution is 7.91. The minimum atomic E-state index is -3.11. The quantitative estimate of drug-likeness (QED) is 0.651. The number of hydrogen-bond acceptors (Lipinski definition) is 5. The molecule has 2 fully saturated rings. The number of amides is 2. The Morgan fingerprint density at radius 1 is 1.19 bits per heavy atom. The van der Waals surface area contributed by atoms with E-state index in [0.29, 0.717) is 35.3 Å². The Bertz CT molecular complexity index is 1300. The predicted molar refractivity (Wildman–Crippen MR) is 129 cm³/mol. The lowest BCUT2D eigenvalue weighted by atomic mass is 9.79. The van der Waals surface area contributed by atoms with Crippen molar-refractivity contribution in [3.8, 4) is 11.1 Å². The van der Waals surface area contributed by atoms with Crippen molar-refractivity contribution in [2.24, 2.45) is 5.92 Å². The molecule has 1 saturated heterocycles. The first-order chi connectivity index (χ1) is 16.9. The third-order valence-corrected chi connectivity index (χ3v) is 9.10. The zero-order valence-corrected chi connectivity index (χ0v) is 20.6. The van der Waals surface area contributed by atoms with Gasteiger partial charge in [-0.1, -0.05) is 6.07 Å². The Morgan fingerprint density at radius 2 is 1.94 bits per heavy atom. The molecule has 1 saturated carbocycles. The molecule has 1 aromatic carbocycles. The van der Waals surface area contributed by atoms with Crippen LogP contribution in [0, 0.1) is 5.92 Å². The maximum absolute atomic E-state index is 13.3. The maximum atomic E-state index is 13.3. The number of carbonyl (C=O) groups is 2. The van der Waals surface area contributed by atoms with Crippen LogP contribution < -0.4 is 9.80 Å². The first-order valence-electron chi connectivity index (χ1n) is 12.0. The van der Waals surface area contributed by atoms with Crippen LogP contribution in [0.2, 0.25) is 0 Å². The van der Waals surface area contributed by atoms with Gasteiger partial charge in [-0.05, 0) is 43.4 Å². The molecular weight excluding hydrogens is 494 g/mol. The highest BCUT2D eigenvalue weighted by Gasteiger charge is 2.47. The van der Waals surface area contributed by atoms with Gasteiger partial charge in [-0.2, -0.15) is 5.10 Å². The first-order valence-corrected chi connectivity index (χ1v) is 13.8. The average molecular weight is 523 g/mol. The molecule has 3 heterocycles. The molecule has 1 unspecified atom stereocenters. The number of fused-ring (bicyclic) bond motifs is 1. The minimum absolute atomic E-state index is 0.00867. The third-order valence-electron chi connectivity index (χ3n) is 7.30. The van der Waals surface area contributed by atoms with Crippen molar-refractivity contribution in [1.29, 1.82) is 0 Å². The van der Waals surface area contributed by atoms with Gasteiger partial charge >= 0.3 is 6.09 Å². The van der Waals surface area contributed by atoms with Crippen LogP contribution in [-0.4, -0.2) is 65.3 Å². The van der Waals surface area contributed by atoms with E-state index in [1.165, 1.54) is 9.80 Å². The van der Waals surface area contributed by atoms with Crippen LogP contribution in [0.3, 0.4) is 0 Å². The molecule has 2 atom stereocenters. The van der Waals surface area contributed by atoms with Gasteiger partial charge in [-0.15, -0.1) is 0 Å². The molecule has 5 rings (SSSR count). The molecule has 0 radical (unpaired) electrons. The number of sulfone groups is 1. The summed E-state index contributed by atoms with van der Waals surface area (Å²) in [7, 11) is -3.11. The molecule has 0 spiro atoms. The van der Waals surface area contributed by atoms with Gasteiger partial charge in [-0.3, -0.25) is 14.4 Å². The molecule has 3 aliphatic rings. The van der Waals surface area contributed by atoms with Crippen molar-refractivity contribution in [3.63, 3.8) is 0 Å². The highest BCUT2D eigenvalue weighted by atomic mass is 32.2. The van der Waals surface area contributed by atoms with Crippen molar-refractivity contribution >= 4 is 33.2 Å². The van der Waals surface area contributed by atoms with E-state index in [1.807, 2.05) is 0 Å². The third kappa shape index (κ3) is 4.70. The van der Waals surface area contributed by atoms with Crippen LogP contribution in [0.15, 0.2) is 30.6 Å². The van der Waals surface area contributed by atoms with Gasteiger partial charge in [0.15, 0.2) is 9.84 Å². The standard InChI is InChI=1S/C24H28F2N4O5S/c1-15-12-28(23(32)33)21-8-17(18-11-27-29(13-18)19-3-2-6-36(34,35)14-19)4-5-20(21)30(15)22(31)7-16-9-24(25,26)10-16/h4-5,8,11,13,15-16,19H,2-3,6-7,9-10,12,14H2,1H3,(H,32,33)/t15-,19?/m0/s1. The summed E-state index contributed by atoms with van der Waals surface area (Å²) in [6, 6.07) is 4.40. The maximum Gasteiger partial charge on any atom is 0.411 e. The Labute approximate surface area is 207 Å². The van der Waals surface area contributed by atoms with Gasteiger partial charge in [0.05, 0.1) is 41.2 Å². The summed E-state index contributed by atoms with van der Waals surface area (Å²) in [6.07, 6.45) is 2.87. The van der Waals surface area contributed by atoms with E-state index in [-0.39, 0.29) is 55.2 Å². The Morgan fingerprint density at radius 3 is 2.61 bits per heavy atom. The molecule has 36 heavy (non-hydrogen) atoms. The van der Waals surface area contributed by atoms with E-state index >= 15 is 0 Å². The summed E-state index contributed by atoms with van der Waals surface area (Å²) in [4.78, 5) is 27.8. The molecule has 9 nitrogen and oxygen atoms in total. The van der Waals surface area contributed by atoms with Crippen molar-refractivity contribution < 1.29 is 31.9 Å². The first kappa shape index (κ1) is 24.7. The smallest absolute Gasteiger partial charge is 0.411 e. The summed E-state index contributed by atoms with van der Waals surface area (Å²) in [5.41, 5.74) is 2.12. The zero-order chi connectivity index (χ0) is 25.8. The summed E-state index contributed by atoms with van der Waals surface area (Å²) < 4.78 is 52.2. The monoisotopic (exact) mass is 522 g/mol. The van der Waals surface area contributed by atoms with Crippen LogP contribution in [-0.2, 0) is 14.6 Å². The average Bonchev–Trinajstić information content (AvgIpc) is 3.26. The lowest BCUT2D eigenvalue weighted by molar-refractivity contribution is -0.132. The molecule has 0 bridgehead atoms. The van der Waals surface area contributed by atoms with Gasteiger partial charge in [0, 0.05) is 37.6 Å². The second kappa shape index (κ2) is 8.82. The van der Waals surface area contributed by atoms with E-state index in [2.05, 4.69) is 5.10 Å². The largest absolute Gasteiger partial charge is 0.465 e. The topological polar surface area (TPSA) is 113 Å². The van der Waals surface area contributed by atoms with E-state index in [1.54, 1.807) is 42.2 Å². The number of hydrogen-bond donors (Lipinski definition) is 1. The molecule has 194 valence electrons. The molecule has 1 N–H and O–H groups in total. The van der Waals surface area contributed by atoms with Gasteiger partial charge in [0.2, 0.25) is 11.8 Å². The van der Waals surface area contributed by atoms with E-state index < -0.39 is 27.9 Å². The summed E-state index contributed by atoms with van der Waals surface area (Å²) in [5.74, 6) is -3.17. The van der Waals surface area contributed by atoms with Gasteiger partial charge in [0.25, 0.3) is 0 Å². The molecule has 2 aliphatic heterocycles.